The molecule has 6 nitrogen and oxygen atoms in total. The molecule has 1 aromatic rings. The van der Waals surface area contributed by atoms with Crippen molar-refractivity contribution in [2.45, 2.75) is 13.3 Å². The molecule has 5 N–H and O–H groups in total. The third-order valence-corrected chi connectivity index (χ3v) is 2.56. The number of anilines is 2. The highest BCUT2D eigenvalue weighted by Gasteiger charge is 2.15. The summed E-state index contributed by atoms with van der Waals surface area (Å²) in [5, 5.41) is 13.9. The molecule has 1 rings (SSSR count). The van der Waals surface area contributed by atoms with E-state index in [0.29, 0.717) is 17.8 Å². The second kappa shape index (κ2) is 6.48. The average Bonchev–Trinajstić information content (AvgIpc) is 2.32. The molecule has 98 valence electrons. The number of hydrogen-bond donors (Lipinski definition) is 4. The Morgan fingerprint density at radius 2 is 2.06 bits per heavy atom. The van der Waals surface area contributed by atoms with E-state index in [0.717, 1.165) is 0 Å². The number of nitrogen functional groups attached to an aromatic ring is 1. The van der Waals surface area contributed by atoms with Crippen molar-refractivity contribution in [3.8, 4) is 0 Å². The molecule has 1 unspecified atom stereocenters. The van der Waals surface area contributed by atoms with Crippen LogP contribution >= 0.6 is 0 Å². The molecular formula is C12H17N3O3. The number of amides is 2. The van der Waals surface area contributed by atoms with E-state index in [9.17, 15) is 9.59 Å². The second-order valence-corrected chi connectivity index (χ2v) is 3.87. The van der Waals surface area contributed by atoms with Crippen LogP contribution in [-0.4, -0.2) is 23.7 Å². The molecular weight excluding hydrogens is 234 g/mol. The van der Waals surface area contributed by atoms with Crippen LogP contribution in [0.3, 0.4) is 0 Å². The van der Waals surface area contributed by atoms with Gasteiger partial charge in [0.25, 0.3) is 0 Å². The largest absolute Gasteiger partial charge is 0.481 e. The van der Waals surface area contributed by atoms with Gasteiger partial charge in [-0.15, -0.1) is 0 Å². The maximum Gasteiger partial charge on any atom is 0.319 e. The molecule has 6 heteroatoms. The van der Waals surface area contributed by atoms with Crippen molar-refractivity contribution in [2.24, 2.45) is 5.92 Å². The summed E-state index contributed by atoms with van der Waals surface area (Å²) >= 11 is 0. The Morgan fingerprint density at radius 3 is 2.61 bits per heavy atom. The molecule has 0 aliphatic carbocycles. The SMILES string of the molecule is CCC(CNC(=O)Nc1ccccc1N)C(=O)O. The Balaban J connectivity index is 2.48. The second-order valence-electron chi connectivity index (χ2n) is 3.87. The number of urea groups is 1. The minimum absolute atomic E-state index is 0.0877. The van der Waals surface area contributed by atoms with Gasteiger partial charge in [0.2, 0.25) is 0 Å². The monoisotopic (exact) mass is 251 g/mol. The van der Waals surface area contributed by atoms with Crippen LogP contribution in [0.25, 0.3) is 0 Å². The summed E-state index contributed by atoms with van der Waals surface area (Å²) in [6.45, 7) is 1.85. The van der Waals surface area contributed by atoms with E-state index in [1.165, 1.54) is 0 Å². The molecule has 0 heterocycles. The Labute approximate surface area is 105 Å². The highest BCUT2D eigenvalue weighted by molar-refractivity contribution is 5.92. The topological polar surface area (TPSA) is 104 Å². The predicted molar refractivity (Wildman–Crippen MR) is 69.3 cm³/mol. The lowest BCUT2D eigenvalue weighted by Crippen LogP contribution is -2.35. The van der Waals surface area contributed by atoms with Crippen molar-refractivity contribution < 1.29 is 14.7 Å². The summed E-state index contributed by atoms with van der Waals surface area (Å²) in [5.41, 5.74) is 6.62. The highest BCUT2D eigenvalue weighted by Crippen LogP contribution is 2.16. The van der Waals surface area contributed by atoms with Crippen LogP contribution < -0.4 is 16.4 Å². The lowest BCUT2D eigenvalue weighted by atomic mass is 10.1. The fraction of sp³-hybridized carbons (Fsp3) is 0.333. The van der Waals surface area contributed by atoms with Crippen molar-refractivity contribution >= 4 is 23.4 Å². The normalized spacial score (nSPS) is 11.6. The van der Waals surface area contributed by atoms with E-state index in [-0.39, 0.29) is 6.54 Å². The number of hydrogen-bond acceptors (Lipinski definition) is 3. The third kappa shape index (κ3) is 3.97. The number of nitrogens with two attached hydrogens (primary N) is 1. The highest BCUT2D eigenvalue weighted by atomic mass is 16.4. The van der Waals surface area contributed by atoms with Crippen molar-refractivity contribution in [1.29, 1.82) is 0 Å². The van der Waals surface area contributed by atoms with Gasteiger partial charge in [-0.1, -0.05) is 19.1 Å². The fourth-order valence-electron chi connectivity index (χ4n) is 1.40. The van der Waals surface area contributed by atoms with E-state index in [1.807, 2.05) is 0 Å². The first kappa shape index (κ1) is 13.8. The van der Waals surface area contributed by atoms with Gasteiger partial charge in [0.1, 0.15) is 0 Å². The Hall–Kier alpha value is -2.24. The van der Waals surface area contributed by atoms with Crippen molar-refractivity contribution in [3.05, 3.63) is 24.3 Å². The smallest absolute Gasteiger partial charge is 0.319 e. The molecule has 1 aromatic carbocycles. The number of aliphatic carboxylic acids is 1. The number of para-hydroxylation sites is 2. The summed E-state index contributed by atoms with van der Waals surface area (Å²) in [5.74, 6) is -1.50. The Morgan fingerprint density at radius 1 is 1.39 bits per heavy atom. The molecule has 18 heavy (non-hydrogen) atoms. The van der Waals surface area contributed by atoms with Gasteiger partial charge in [-0.2, -0.15) is 0 Å². The molecule has 0 saturated heterocycles. The Bertz CT molecular complexity index is 434. The number of rotatable bonds is 5. The number of carboxylic acids is 1. The summed E-state index contributed by atoms with van der Waals surface area (Å²) in [6, 6.07) is 6.38. The predicted octanol–water partition coefficient (Wildman–Crippen LogP) is 1.50. The molecule has 0 spiro atoms. The first-order chi connectivity index (χ1) is 8.54. The standard InChI is InChI=1S/C12H17N3O3/c1-2-8(11(16)17)7-14-12(18)15-10-6-4-3-5-9(10)13/h3-6,8H,2,7,13H2,1H3,(H,16,17)(H2,14,15,18). The van der Waals surface area contributed by atoms with Crippen LogP contribution in [0.5, 0.6) is 0 Å². The van der Waals surface area contributed by atoms with Crippen LogP contribution in [0.1, 0.15) is 13.3 Å². The zero-order valence-corrected chi connectivity index (χ0v) is 10.1. The fourth-order valence-corrected chi connectivity index (χ4v) is 1.40. The molecule has 0 saturated carbocycles. The summed E-state index contributed by atoms with van der Waals surface area (Å²) in [7, 11) is 0. The van der Waals surface area contributed by atoms with Gasteiger partial charge in [-0.25, -0.2) is 4.79 Å². The number of nitrogens with one attached hydrogen (secondary N) is 2. The molecule has 0 aromatic heterocycles. The maximum absolute atomic E-state index is 11.5. The van der Waals surface area contributed by atoms with Gasteiger partial charge >= 0.3 is 12.0 Å². The van der Waals surface area contributed by atoms with Gasteiger partial charge in [0.05, 0.1) is 17.3 Å². The van der Waals surface area contributed by atoms with Crippen LogP contribution in [-0.2, 0) is 4.79 Å². The van der Waals surface area contributed by atoms with Crippen molar-refractivity contribution in [2.75, 3.05) is 17.6 Å². The van der Waals surface area contributed by atoms with E-state index in [4.69, 9.17) is 10.8 Å². The first-order valence-electron chi connectivity index (χ1n) is 5.66. The number of carbonyl (C=O) groups excluding carboxylic acids is 1. The van der Waals surface area contributed by atoms with E-state index in [1.54, 1.807) is 31.2 Å². The molecule has 2 amide bonds. The molecule has 0 bridgehead atoms. The van der Waals surface area contributed by atoms with Gasteiger partial charge in [-0.05, 0) is 18.6 Å². The number of benzene rings is 1. The van der Waals surface area contributed by atoms with Crippen molar-refractivity contribution in [3.63, 3.8) is 0 Å². The Kier molecular flexibility index (Phi) is 4.98. The minimum atomic E-state index is -0.919. The average molecular weight is 251 g/mol. The lowest BCUT2D eigenvalue weighted by molar-refractivity contribution is -0.141. The van der Waals surface area contributed by atoms with Crippen LogP contribution in [0.15, 0.2) is 24.3 Å². The first-order valence-corrected chi connectivity index (χ1v) is 5.66. The van der Waals surface area contributed by atoms with E-state index >= 15 is 0 Å². The molecule has 0 fully saturated rings. The van der Waals surface area contributed by atoms with Gasteiger partial charge in [0, 0.05) is 6.54 Å². The lowest BCUT2D eigenvalue weighted by Gasteiger charge is -2.12. The van der Waals surface area contributed by atoms with Crippen molar-refractivity contribution in [1.82, 2.24) is 5.32 Å². The minimum Gasteiger partial charge on any atom is -0.481 e. The maximum atomic E-state index is 11.5. The molecule has 0 radical (unpaired) electrons. The van der Waals surface area contributed by atoms with Crippen LogP contribution in [0.4, 0.5) is 16.2 Å². The summed E-state index contributed by atoms with van der Waals surface area (Å²) < 4.78 is 0. The third-order valence-electron chi connectivity index (χ3n) is 2.56. The quantitative estimate of drug-likeness (QED) is 0.595. The van der Waals surface area contributed by atoms with Gasteiger partial charge in [-0.3, -0.25) is 4.79 Å². The number of carbonyl (C=O) groups is 2. The molecule has 0 aliphatic heterocycles. The van der Waals surface area contributed by atoms with Crippen LogP contribution in [0.2, 0.25) is 0 Å². The summed E-state index contributed by atoms with van der Waals surface area (Å²) in [6.07, 6.45) is 0.461. The van der Waals surface area contributed by atoms with E-state index < -0.39 is 17.9 Å². The van der Waals surface area contributed by atoms with Gasteiger partial charge in [0.15, 0.2) is 0 Å². The molecule has 0 aliphatic rings. The number of carboxylic acid groups (broad SMARTS) is 1. The molecule has 1 atom stereocenters. The zero-order valence-electron chi connectivity index (χ0n) is 10.1. The van der Waals surface area contributed by atoms with Crippen LogP contribution in [0, 0.1) is 5.92 Å². The van der Waals surface area contributed by atoms with E-state index in [2.05, 4.69) is 10.6 Å². The summed E-state index contributed by atoms with van der Waals surface area (Å²) in [4.78, 5) is 22.3. The van der Waals surface area contributed by atoms with Gasteiger partial charge < -0.3 is 21.5 Å². The zero-order chi connectivity index (χ0) is 13.5.